The lowest BCUT2D eigenvalue weighted by atomic mass is 10.1. The molecule has 0 N–H and O–H groups in total. The molecule has 0 aliphatic heterocycles. The number of aromatic nitrogens is 2. The van der Waals surface area contributed by atoms with Gasteiger partial charge in [0.25, 0.3) is 0 Å². The number of hydrogen-bond donors (Lipinski definition) is 0. The zero-order valence-corrected chi connectivity index (χ0v) is 11.2. The van der Waals surface area contributed by atoms with Crippen molar-refractivity contribution in [2.24, 2.45) is 0 Å². The highest BCUT2D eigenvalue weighted by molar-refractivity contribution is 9.10. The zero-order chi connectivity index (χ0) is 12.4. The Morgan fingerprint density at radius 3 is 2.89 bits per heavy atom. The molecule has 0 spiro atoms. The third-order valence-corrected chi connectivity index (χ3v) is 3.09. The van der Waals surface area contributed by atoms with Crippen LogP contribution in [0.25, 0.3) is 11.3 Å². The summed E-state index contributed by atoms with van der Waals surface area (Å²) >= 11 is 3.39. The van der Waals surface area contributed by atoms with E-state index >= 15 is 0 Å². The fourth-order valence-electron chi connectivity index (χ4n) is 1.88. The molecule has 3 aromatic rings. The van der Waals surface area contributed by atoms with E-state index in [0.717, 1.165) is 22.3 Å². The maximum atomic E-state index is 5.40. The van der Waals surface area contributed by atoms with Crippen LogP contribution in [0, 0.1) is 0 Å². The first-order valence-electron chi connectivity index (χ1n) is 5.62. The standard InChI is InChI=1S/C14H11BrN2O/c15-13-8-16-17(10-13)9-11-3-1-4-12(7-11)14-5-2-6-18-14/h1-8,10H,9H2. The first-order chi connectivity index (χ1) is 8.81. The van der Waals surface area contributed by atoms with Crippen molar-refractivity contribution in [1.82, 2.24) is 9.78 Å². The third-order valence-electron chi connectivity index (χ3n) is 2.68. The van der Waals surface area contributed by atoms with E-state index in [1.54, 1.807) is 12.5 Å². The molecule has 2 aromatic heterocycles. The largest absolute Gasteiger partial charge is 0.464 e. The zero-order valence-electron chi connectivity index (χ0n) is 9.58. The van der Waals surface area contributed by atoms with Crippen molar-refractivity contribution < 1.29 is 4.42 Å². The van der Waals surface area contributed by atoms with Crippen molar-refractivity contribution in [3.8, 4) is 11.3 Å². The molecular formula is C14H11BrN2O. The van der Waals surface area contributed by atoms with E-state index in [2.05, 4.69) is 33.2 Å². The second kappa shape index (κ2) is 4.82. The summed E-state index contributed by atoms with van der Waals surface area (Å²) < 4.78 is 8.28. The second-order valence-electron chi connectivity index (χ2n) is 4.03. The molecule has 4 heteroatoms. The van der Waals surface area contributed by atoms with Crippen LogP contribution >= 0.6 is 15.9 Å². The molecule has 90 valence electrons. The predicted molar refractivity (Wildman–Crippen MR) is 73.2 cm³/mol. The Morgan fingerprint density at radius 2 is 2.17 bits per heavy atom. The van der Waals surface area contributed by atoms with Gasteiger partial charge in [-0.1, -0.05) is 18.2 Å². The summed E-state index contributed by atoms with van der Waals surface area (Å²) in [6, 6.07) is 12.1. The fraction of sp³-hybridized carbons (Fsp3) is 0.0714. The lowest BCUT2D eigenvalue weighted by molar-refractivity contribution is 0.582. The van der Waals surface area contributed by atoms with Crippen LogP contribution in [-0.4, -0.2) is 9.78 Å². The Morgan fingerprint density at radius 1 is 1.22 bits per heavy atom. The van der Waals surface area contributed by atoms with Crippen molar-refractivity contribution in [2.75, 3.05) is 0 Å². The molecule has 3 nitrogen and oxygen atoms in total. The van der Waals surface area contributed by atoms with Gasteiger partial charge in [0.2, 0.25) is 0 Å². The van der Waals surface area contributed by atoms with E-state index in [9.17, 15) is 0 Å². The first-order valence-corrected chi connectivity index (χ1v) is 6.41. The average molecular weight is 303 g/mol. The molecule has 0 saturated carbocycles. The molecule has 0 atom stereocenters. The minimum absolute atomic E-state index is 0.750. The highest BCUT2D eigenvalue weighted by atomic mass is 79.9. The van der Waals surface area contributed by atoms with Crippen LogP contribution in [0.2, 0.25) is 0 Å². The Labute approximate surface area is 113 Å². The number of hydrogen-bond acceptors (Lipinski definition) is 2. The van der Waals surface area contributed by atoms with Crippen LogP contribution < -0.4 is 0 Å². The molecular weight excluding hydrogens is 292 g/mol. The third kappa shape index (κ3) is 2.38. The molecule has 3 rings (SSSR count). The number of nitrogens with zero attached hydrogens (tertiary/aromatic N) is 2. The molecule has 0 amide bonds. The van der Waals surface area contributed by atoms with Crippen LogP contribution in [-0.2, 0) is 6.54 Å². The molecule has 0 radical (unpaired) electrons. The van der Waals surface area contributed by atoms with Crippen LogP contribution in [0.1, 0.15) is 5.56 Å². The summed E-state index contributed by atoms with van der Waals surface area (Å²) in [7, 11) is 0. The molecule has 1 aromatic carbocycles. The normalized spacial score (nSPS) is 10.7. The van der Waals surface area contributed by atoms with E-state index < -0.39 is 0 Å². The number of rotatable bonds is 3. The molecule has 0 saturated heterocycles. The smallest absolute Gasteiger partial charge is 0.133 e. The Bertz CT molecular complexity index is 643. The minimum Gasteiger partial charge on any atom is -0.464 e. The Balaban J connectivity index is 1.87. The van der Waals surface area contributed by atoms with E-state index in [-0.39, 0.29) is 0 Å². The van der Waals surface area contributed by atoms with Gasteiger partial charge < -0.3 is 4.42 Å². The van der Waals surface area contributed by atoms with Crippen molar-refractivity contribution in [1.29, 1.82) is 0 Å². The van der Waals surface area contributed by atoms with Crippen molar-refractivity contribution in [2.45, 2.75) is 6.54 Å². The van der Waals surface area contributed by atoms with Crippen LogP contribution in [0.4, 0.5) is 0 Å². The second-order valence-corrected chi connectivity index (χ2v) is 4.95. The van der Waals surface area contributed by atoms with Gasteiger partial charge in [-0.3, -0.25) is 4.68 Å². The Hall–Kier alpha value is -1.81. The molecule has 18 heavy (non-hydrogen) atoms. The van der Waals surface area contributed by atoms with Gasteiger partial charge in [0.15, 0.2) is 0 Å². The van der Waals surface area contributed by atoms with Gasteiger partial charge in [-0.15, -0.1) is 0 Å². The van der Waals surface area contributed by atoms with E-state index in [0.29, 0.717) is 0 Å². The maximum absolute atomic E-state index is 5.40. The number of furan rings is 1. The van der Waals surface area contributed by atoms with Crippen LogP contribution in [0.3, 0.4) is 0 Å². The van der Waals surface area contributed by atoms with Gasteiger partial charge in [0.1, 0.15) is 5.76 Å². The maximum Gasteiger partial charge on any atom is 0.133 e. The topological polar surface area (TPSA) is 31.0 Å². The van der Waals surface area contributed by atoms with Gasteiger partial charge in [-0.05, 0) is 39.7 Å². The molecule has 0 aliphatic carbocycles. The van der Waals surface area contributed by atoms with Gasteiger partial charge >= 0.3 is 0 Å². The Kier molecular flexibility index (Phi) is 3.02. The lowest BCUT2D eigenvalue weighted by Crippen LogP contribution is -1.99. The van der Waals surface area contributed by atoms with Crippen molar-refractivity contribution in [3.63, 3.8) is 0 Å². The summed E-state index contributed by atoms with van der Waals surface area (Å²) in [5, 5.41) is 4.25. The molecule has 0 fully saturated rings. The van der Waals surface area contributed by atoms with E-state index in [1.807, 2.05) is 35.1 Å². The lowest BCUT2D eigenvalue weighted by Gasteiger charge is -2.04. The fourth-order valence-corrected chi connectivity index (χ4v) is 2.21. The van der Waals surface area contributed by atoms with Crippen molar-refractivity contribution in [3.05, 3.63) is 65.1 Å². The quantitative estimate of drug-likeness (QED) is 0.733. The van der Waals surface area contributed by atoms with E-state index in [1.165, 1.54) is 5.56 Å². The monoisotopic (exact) mass is 302 g/mol. The van der Waals surface area contributed by atoms with Crippen LogP contribution in [0.5, 0.6) is 0 Å². The molecule has 2 heterocycles. The number of halogens is 1. The summed E-state index contributed by atoms with van der Waals surface area (Å²) in [5.41, 5.74) is 2.28. The van der Waals surface area contributed by atoms with Crippen LogP contribution in [0.15, 0.2) is 63.9 Å². The van der Waals surface area contributed by atoms with Gasteiger partial charge in [-0.2, -0.15) is 5.10 Å². The molecule has 0 unspecified atom stereocenters. The molecule has 0 bridgehead atoms. The van der Waals surface area contributed by atoms with Gasteiger partial charge in [-0.25, -0.2) is 0 Å². The average Bonchev–Trinajstić information content (AvgIpc) is 3.01. The van der Waals surface area contributed by atoms with E-state index in [4.69, 9.17) is 4.42 Å². The highest BCUT2D eigenvalue weighted by Crippen LogP contribution is 2.21. The first kappa shape index (κ1) is 11.3. The summed E-state index contributed by atoms with van der Waals surface area (Å²) in [6.45, 7) is 0.750. The van der Waals surface area contributed by atoms with Crippen molar-refractivity contribution >= 4 is 15.9 Å². The van der Waals surface area contributed by atoms with Gasteiger partial charge in [0, 0.05) is 11.8 Å². The molecule has 0 aliphatic rings. The summed E-state index contributed by atoms with van der Waals surface area (Å²) in [5.74, 6) is 0.887. The SMILES string of the molecule is Brc1cnn(Cc2cccc(-c3ccco3)c2)c1. The minimum atomic E-state index is 0.750. The predicted octanol–water partition coefficient (Wildman–Crippen LogP) is 3.95. The van der Waals surface area contributed by atoms with Gasteiger partial charge in [0.05, 0.1) is 23.5 Å². The summed E-state index contributed by atoms with van der Waals surface area (Å²) in [4.78, 5) is 0. The summed E-state index contributed by atoms with van der Waals surface area (Å²) in [6.07, 6.45) is 5.43. The highest BCUT2D eigenvalue weighted by Gasteiger charge is 2.03. The number of benzene rings is 1.